The molecular weight excluding hydrogens is 378 g/mol. The molecule has 2 heterocycles. The topological polar surface area (TPSA) is 95.3 Å². The van der Waals surface area contributed by atoms with Gasteiger partial charge < -0.3 is 5.11 Å². The fourth-order valence-corrected chi connectivity index (χ4v) is 3.45. The summed E-state index contributed by atoms with van der Waals surface area (Å²) in [5.41, 5.74) is 7.52. The molecule has 4 rings (SSSR count). The second-order valence-electron chi connectivity index (χ2n) is 6.99. The molecule has 0 saturated heterocycles. The fraction of sp³-hybridized carbons (Fsp3) is 0.125. The first-order chi connectivity index (χ1) is 14.7. The number of aryl methyl sites for hydroxylation is 1. The SMILES string of the molecule is O=C(NO)c1cc(-c2ccc(-c3ccc(CCCO)cc3)cc2)nc2ccncc12. The molecule has 0 spiro atoms. The van der Waals surface area contributed by atoms with E-state index in [2.05, 4.69) is 34.2 Å². The van der Waals surface area contributed by atoms with Crippen LogP contribution in [0.3, 0.4) is 0 Å². The van der Waals surface area contributed by atoms with Crippen LogP contribution in [0.4, 0.5) is 0 Å². The number of carbonyl (C=O) groups is 1. The lowest BCUT2D eigenvalue weighted by atomic mass is 9.99. The highest BCUT2D eigenvalue weighted by Gasteiger charge is 2.13. The third-order valence-corrected chi connectivity index (χ3v) is 5.05. The number of nitrogens with one attached hydrogen (secondary N) is 1. The van der Waals surface area contributed by atoms with E-state index >= 15 is 0 Å². The number of aliphatic hydroxyl groups is 1. The number of benzene rings is 2. The van der Waals surface area contributed by atoms with E-state index in [1.54, 1.807) is 30.0 Å². The van der Waals surface area contributed by atoms with Crippen molar-refractivity contribution >= 4 is 16.8 Å². The summed E-state index contributed by atoms with van der Waals surface area (Å²) >= 11 is 0. The second-order valence-corrected chi connectivity index (χ2v) is 6.99. The van der Waals surface area contributed by atoms with Gasteiger partial charge in [-0.05, 0) is 41.7 Å². The van der Waals surface area contributed by atoms with E-state index < -0.39 is 5.91 Å². The van der Waals surface area contributed by atoms with Gasteiger partial charge in [-0.3, -0.25) is 15.0 Å². The number of aromatic nitrogens is 2. The lowest BCUT2D eigenvalue weighted by Crippen LogP contribution is -2.19. The van der Waals surface area contributed by atoms with Crippen molar-refractivity contribution in [1.29, 1.82) is 0 Å². The first kappa shape index (κ1) is 19.7. The number of hydrogen-bond donors (Lipinski definition) is 3. The zero-order valence-corrected chi connectivity index (χ0v) is 16.2. The Morgan fingerprint density at radius 2 is 1.60 bits per heavy atom. The summed E-state index contributed by atoms with van der Waals surface area (Å²) < 4.78 is 0. The van der Waals surface area contributed by atoms with Gasteiger partial charge in [0.25, 0.3) is 5.91 Å². The Balaban J connectivity index is 1.66. The lowest BCUT2D eigenvalue weighted by molar-refractivity contribution is 0.0708. The monoisotopic (exact) mass is 399 g/mol. The Morgan fingerprint density at radius 3 is 2.27 bits per heavy atom. The van der Waals surface area contributed by atoms with Gasteiger partial charge in [0, 0.05) is 30.0 Å². The lowest BCUT2D eigenvalue weighted by Gasteiger charge is -2.09. The maximum absolute atomic E-state index is 12.1. The number of amides is 1. The van der Waals surface area contributed by atoms with Crippen molar-refractivity contribution in [3.8, 4) is 22.4 Å². The van der Waals surface area contributed by atoms with Crippen LogP contribution in [0.15, 0.2) is 73.1 Å². The van der Waals surface area contributed by atoms with Gasteiger partial charge in [0.1, 0.15) is 0 Å². The van der Waals surface area contributed by atoms with Crippen LogP contribution in [0.2, 0.25) is 0 Å². The summed E-state index contributed by atoms with van der Waals surface area (Å²) in [6.07, 6.45) is 4.80. The van der Waals surface area contributed by atoms with Crippen LogP contribution in [-0.2, 0) is 6.42 Å². The molecule has 4 aromatic rings. The molecular formula is C24H21N3O3. The predicted molar refractivity (Wildman–Crippen MR) is 115 cm³/mol. The van der Waals surface area contributed by atoms with E-state index in [0.717, 1.165) is 29.5 Å². The highest BCUT2D eigenvalue weighted by Crippen LogP contribution is 2.27. The van der Waals surface area contributed by atoms with Crippen LogP contribution in [0.1, 0.15) is 22.3 Å². The molecule has 6 heteroatoms. The van der Waals surface area contributed by atoms with Gasteiger partial charge in [-0.25, -0.2) is 10.5 Å². The summed E-state index contributed by atoms with van der Waals surface area (Å²) in [6.45, 7) is 0.199. The molecule has 150 valence electrons. The minimum atomic E-state index is -0.602. The zero-order valence-electron chi connectivity index (χ0n) is 16.2. The Morgan fingerprint density at radius 1 is 0.933 bits per heavy atom. The van der Waals surface area contributed by atoms with Crippen LogP contribution in [0, 0.1) is 0 Å². The van der Waals surface area contributed by atoms with Gasteiger partial charge in [-0.15, -0.1) is 0 Å². The van der Waals surface area contributed by atoms with E-state index in [9.17, 15) is 4.79 Å². The van der Waals surface area contributed by atoms with Crippen molar-refractivity contribution in [2.24, 2.45) is 0 Å². The second kappa shape index (κ2) is 8.82. The highest BCUT2D eigenvalue weighted by atomic mass is 16.5. The number of nitrogens with zero attached hydrogens (tertiary/aromatic N) is 2. The molecule has 2 aromatic carbocycles. The van der Waals surface area contributed by atoms with Gasteiger partial charge in [0.2, 0.25) is 0 Å². The molecule has 0 saturated carbocycles. The average molecular weight is 399 g/mol. The molecule has 0 aliphatic carbocycles. The average Bonchev–Trinajstić information content (AvgIpc) is 2.82. The number of aliphatic hydroxyl groups excluding tert-OH is 1. The Bertz CT molecular complexity index is 1170. The van der Waals surface area contributed by atoms with E-state index in [0.29, 0.717) is 22.2 Å². The summed E-state index contributed by atoms with van der Waals surface area (Å²) in [4.78, 5) is 20.8. The third-order valence-electron chi connectivity index (χ3n) is 5.05. The Labute approximate surface area is 173 Å². The number of rotatable bonds is 6. The molecule has 1 amide bonds. The maximum Gasteiger partial charge on any atom is 0.275 e. The van der Waals surface area contributed by atoms with Crippen molar-refractivity contribution in [3.63, 3.8) is 0 Å². The van der Waals surface area contributed by atoms with Crippen LogP contribution < -0.4 is 5.48 Å². The van der Waals surface area contributed by atoms with Crippen molar-refractivity contribution in [1.82, 2.24) is 15.4 Å². The van der Waals surface area contributed by atoms with Crippen LogP contribution in [0.25, 0.3) is 33.3 Å². The van der Waals surface area contributed by atoms with Gasteiger partial charge in [-0.1, -0.05) is 48.5 Å². The molecule has 0 aliphatic heterocycles. The molecule has 0 radical (unpaired) electrons. The van der Waals surface area contributed by atoms with Gasteiger partial charge in [-0.2, -0.15) is 0 Å². The van der Waals surface area contributed by atoms with Crippen LogP contribution >= 0.6 is 0 Å². The van der Waals surface area contributed by atoms with Crippen molar-refractivity contribution in [2.45, 2.75) is 12.8 Å². The summed E-state index contributed by atoms with van der Waals surface area (Å²) in [7, 11) is 0. The summed E-state index contributed by atoms with van der Waals surface area (Å²) in [5, 5.41) is 18.6. The summed E-state index contributed by atoms with van der Waals surface area (Å²) in [5.74, 6) is -0.602. The Hall–Kier alpha value is -3.61. The number of hydroxylamine groups is 1. The van der Waals surface area contributed by atoms with Gasteiger partial charge in [0.05, 0.1) is 16.8 Å². The molecule has 0 bridgehead atoms. The Kier molecular flexibility index (Phi) is 5.79. The van der Waals surface area contributed by atoms with Gasteiger partial charge in [0.15, 0.2) is 0 Å². The largest absolute Gasteiger partial charge is 0.396 e. The number of hydrogen-bond acceptors (Lipinski definition) is 5. The molecule has 0 aliphatic rings. The van der Waals surface area contributed by atoms with Crippen molar-refractivity contribution in [2.75, 3.05) is 6.61 Å². The molecule has 0 fully saturated rings. The number of fused-ring (bicyclic) bond motifs is 1. The number of carbonyl (C=O) groups excluding carboxylic acids is 1. The van der Waals surface area contributed by atoms with E-state index in [1.165, 1.54) is 5.56 Å². The molecule has 0 atom stereocenters. The van der Waals surface area contributed by atoms with E-state index in [-0.39, 0.29) is 6.61 Å². The normalized spacial score (nSPS) is 10.9. The smallest absolute Gasteiger partial charge is 0.275 e. The first-order valence-electron chi connectivity index (χ1n) is 9.69. The highest BCUT2D eigenvalue weighted by molar-refractivity contribution is 6.06. The van der Waals surface area contributed by atoms with E-state index in [4.69, 9.17) is 10.3 Å². The molecule has 0 unspecified atom stereocenters. The van der Waals surface area contributed by atoms with Crippen molar-refractivity contribution < 1.29 is 15.1 Å². The van der Waals surface area contributed by atoms with Crippen LogP contribution in [-0.4, -0.2) is 32.8 Å². The fourth-order valence-electron chi connectivity index (χ4n) is 3.45. The van der Waals surface area contributed by atoms with Crippen LogP contribution in [0.5, 0.6) is 0 Å². The third kappa shape index (κ3) is 4.05. The van der Waals surface area contributed by atoms with Crippen molar-refractivity contribution in [3.05, 3.63) is 84.2 Å². The number of pyridine rings is 2. The van der Waals surface area contributed by atoms with Gasteiger partial charge >= 0.3 is 0 Å². The minimum Gasteiger partial charge on any atom is -0.396 e. The zero-order chi connectivity index (χ0) is 20.9. The first-order valence-corrected chi connectivity index (χ1v) is 9.69. The maximum atomic E-state index is 12.1. The molecule has 3 N–H and O–H groups in total. The van der Waals surface area contributed by atoms with E-state index in [1.807, 2.05) is 24.3 Å². The quantitative estimate of drug-likeness (QED) is 0.336. The minimum absolute atomic E-state index is 0.199. The summed E-state index contributed by atoms with van der Waals surface area (Å²) in [6, 6.07) is 19.7. The molecule has 30 heavy (non-hydrogen) atoms. The molecule has 6 nitrogen and oxygen atoms in total. The predicted octanol–water partition coefficient (Wildman–Crippen LogP) is 4.01. The standard InChI is InChI=1S/C24H21N3O3/c28-13-1-2-16-3-5-17(6-4-16)18-7-9-19(10-8-18)23-14-20(24(29)27-30)21-15-25-12-11-22(21)26-23/h3-12,14-15,28,30H,1-2,13H2,(H,27,29). The molecule has 2 aromatic heterocycles.